The second kappa shape index (κ2) is 4.31. The molecule has 1 amide bonds. The number of carbonyl (C=O) groups is 1. The van der Waals surface area contributed by atoms with Gasteiger partial charge in [0.15, 0.2) is 0 Å². The molecule has 1 atom stereocenters. The molecule has 1 N–H and O–H groups in total. The Kier molecular flexibility index (Phi) is 2.99. The third-order valence-electron chi connectivity index (χ3n) is 2.54. The fraction of sp³-hybridized carbons (Fsp3) is 0.300. The number of carbonyl (C=O) groups excluding carboxylic acids is 1. The van der Waals surface area contributed by atoms with Crippen LogP contribution >= 0.6 is 11.6 Å². The molecule has 7 heteroatoms. The summed E-state index contributed by atoms with van der Waals surface area (Å²) >= 11 is 5.74. The van der Waals surface area contributed by atoms with Crippen LogP contribution < -0.4 is 4.90 Å². The molecule has 17 heavy (non-hydrogen) atoms. The van der Waals surface area contributed by atoms with Crippen molar-refractivity contribution in [3.05, 3.63) is 33.3 Å². The summed E-state index contributed by atoms with van der Waals surface area (Å²) in [5.74, 6) is -0.345. The maximum absolute atomic E-state index is 11.6. The van der Waals surface area contributed by atoms with Gasteiger partial charge in [0.05, 0.1) is 24.0 Å². The monoisotopic (exact) mass is 256 g/mol. The van der Waals surface area contributed by atoms with Crippen LogP contribution in [0.3, 0.4) is 0 Å². The minimum atomic E-state index is -0.791. The molecule has 1 fully saturated rings. The first-order chi connectivity index (χ1) is 8.00. The van der Waals surface area contributed by atoms with Gasteiger partial charge in [-0.05, 0) is 12.1 Å². The van der Waals surface area contributed by atoms with Gasteiger partial charge in [-0.2, -0.15) is 0 Å². The molecule has 0 spiro atoms. The molecule has 0 bridgehead atoms. The SMILES string of the molecule is O=C1CC(O)CN1c1cccc(Cl)c1[N+](=O)[O-]. The zero-order valence-corrected chi connectivity index (χ0v) is 9.42. The lowest BCUT2D eigenvalue weighted by Crippen LogP contribution is -2.26. The van der Waals surface area contributed by atoms with Gasteiger partial charge >= 0.3 is 5.69 Å². The van der Waals surface area contributed by atoms with Crippen molar-refractivity contribution in [3.63, 3.8) is 0 Å². The normalized spacial score (nSPS) is 19.8. The molecular formula is C10H9ClN2O4. The Morgan fingerprint density at radius 3 is 2.76 bits per heavy atom. The summed E-state index contributed by atoms with van der Waals surface area (Å²) in [6.07, 6.45) is -0.815. The lowest BCUT2D eigenvalue weighted by molar-refractivity contribution is -0.383. The molecule has 0 aromatic heterocycles. The number of β-amino-alcohol motifs (C(OH)–C–C–N with tert-alkyl or cyclic N) is 1. The molecule has 2 rings (SSSR count). The maximum Gasteiger partial charge on any atom is 0.311 e. The molecular weight excluding hydrogens is 248 g/mol. The van der Waals surface area contributed by atoms with Crippen LogP contribution in [-0.4, -0.2) is 28.6 Å². The van der Waals surface area contributed by atoms with Gasteiger partial charge in [-0.1, -0.05) is 17.7 Å². The number of nitro benzene ring substituents is 1. The molecule has 6 nitrogen and oxygen atoms in total. The molecule has 1 aliphatic heterocycles. The van der Waals surface area contributed by atoms with E-state index in [2.05, 4.69) is 0 Å². The van der Waals surface area contributed by atoms with Gasteiger partial charge in [0, 0.05) is 0 Å². The summed E-state index contributed by atoms with van der Waals surface area (Å²) in [5.41, 5.74) is -0.180. The molecule has 90 valence electrons. The highest BCUT2D eigenvalue weighted by atomic mass is 35.5. The lowest BCUT2D eigenvalue weighted by Gasteiger charge is -2.16. The second-order valence-electron chi connectivity index (χ2n) is 3.73. The van der Waals surface area contributed by atoms with Crippen molar-refractivity contribution in [2.75, 3.05) is 11.4 Å². The van der Waals surface area contributed by atoms with Crippen LogP contribution in [0.1, 0.15) is 6.42 Å². The smallest absolute Gasteiger partial charge is 0.311 e. The van der Waals surface area contributed by atoms with Crippen molar-refractivity contribution in [2.24, 2.45) is 0 Å². The molecule has 1 heterocycles. The fourth-order valence-corrected chi connectivity index (χ4v) is 2.06. The van der Waals surface area contributed by atoms with Gasteiger partial charge in [0.2, 0.25) is 5.91 Å². The third kappa shape index (κ3) is 2.09. The van der Waals surface area contributed by atoms with Gasteiger partial charge in [-0.25, -0.2) is 0 Å². The minimum Gasteiger partial charge on any atom is -0.391 e. The van der Waals surface area contributed by atoms with Crippen LogP contribution in [0.2, 0.25) is 5.02 Å². The first kappa shape index (κ1) is 11.8. The second-order valence-corrected chi connectivity index (χ2v) is 4.13. The van der Waals surface area contributed by atoms with Crippen LogP contribution in [0, 0.1) is 10.1 Å². The Labute approximate surface area is 102 Å². The highest BCUT2D eigenvalue weighted by molar-refractivity contribution is 6.33. The zero-order valence-electron chi connectivity index (χ0n) is 8.67. The van der Waals surface area contributed by atoms with Crippen LogP contribution in [0.4, 0.5) is 11.4 Å². The molecule has 1 aromatic carbocycles. The van der Waals surface area contributed by atoms with Crippen molar-refractivity contribution in [2.45, 2.75) is 12.5 Å². The highest BCUT2D eigenvalue weighted by Gasteiger charge is 2.34. The molecule has 1 aliphatic rings. The number of anilines is 1. The van der Waals surface area contributed by atoms with Gasteiger partial charge in [0.25, 0.3) is 0 Å². The number of amides is 1. The number of nitrogens with zero attached hydrogens (tertiary/aromatic N) is 2. The highest BCUT2D eigenvalue weighted by Crippen LogP contribution is 2.36. The Balaban J connectivity index is 2.49. The van der Waals surface area contributed by atoms with E-state index >= 15 is 0 Å². The maximum atomic E-state index is 11.6. The van der Waals surface area contributed by atoms with E-state index in [1.807, 2.05) is 0 Å². The Bertz CT molecular complexity index is 491. The topological polar surface area (TPSA) is 83.7 Å². The third-order valence-corrected chi connectivity index (χ3v) is 2.85. The Hall–Kier alpha value is -1.66. The van der Waals surface area contributed by atoms with Gasteiger partial charge in [-0.3, -0.25) is 14.9 Å². The standard InChI is InChI=1S/C10H9ClN2O4/c11-7-2-1-3-8(10(7)13(16)17)12-5-6(14)4-9(12)15/h1-3,6,14H,4-5H2. The first-order valence-corrected chi connectivity index (χ1v) is 5.30. The predicted octanol–water partition coefficient (Wildman–Crippen LogP) is 1.35. The zero-order chi connectivity index (χ0) is 12.6. The van der Waals surface area contributed by atoms with Gasteiger partial charge in [-0.15, -0.1) is 0 Å². The minimum absolute atomic E-state index is 0.0241. The summed E-state index contributed by atoms with van der Waals surface area (Å²) < 4.78 is 0. The van der Waals surface area contributed by atoms with Gasteiger partial charge in [0.1, 0.15) is 10.7 Å². The molecule has 0 saturated carbocycles. The number of rotatable bonds is 2. The van der Waals surface area contributed by atoms with E-state index in [9.17, 15) is 20.0 Å². The summed E-state index contributed by atoms with van der Waals surface area (Å²) in [4.78, 5) is 23.0. The summed E-state index contributed by atoms with van der Waals surface area (Å²) in [6.45, 7) is 0.0556. The molecule has 1 saturated heterocycles. The average molecular weight is 257 g/mol. The summed E-state index contributed by atoms with van der Waals surface area (Å²) in [7, 11) is 0. The van der Waals surface area contributed by atoms with Gasteiger partial charge < -0.3 is 10.0 Å². The van der Waals surface area contributed by atoms with E-state index in [4.69, 9.17) is 11.6 Å². The Morgan fingerprint density at radius 2 is 2.24 bits per heavy atom. The van der Waals surface area contributed by atoms with Crippen molar-refractivity contribution >= 4 is 28.9 Å². The fourth-order valence-electron chi connectivity index (χ4n) is 1.82. The predicted molar refractivity (Wildman–Crippen MR) is 61.1 cm³/mol. The van der Waals surface area contributed by atoms with Crippen LogP contribution in [0.25, 0.3) is 0 Å². The van der Waals surface area contributed by atoms with Crippen molar-refractivity contribution in [3.8, 4) is 0 Å². The lowest BCUT2D eigenvalue weighted by atomic mass is 10.2. The quantitative estimate of drug-likeness (QED) is 0.639. The number of para-hydroxylation sites is 1. The number of hydrogen-bond acceptors (Lipinski definition) is 4. The van der Waals surface area contributed by atoms with Crippen molar-refractivity contribution < 1.29 is 14.8 Å². The largest absolute Gasteiger partial charge is 0.391 e. The van der Waals surface area contributed by atoms with E-state index < -0.39 is 11.0 Å². The number of aliphatic hydroxyl groups excluding tert-OH is 1. The van der Waals surface area contributed by atoms with Crippen molar-refractivity contribution in [1.29, 1.82) is 0 Å². The van der Waals surface area contributed by atoms with E-state index in [-0.39, 0.29) is 35.3 Å². The van der Waals surface area contributed by atoms with E-state index in [0.717, 1.165) is 0 Å². The number of aliphatic hydroxyl groups is 1. The summed E-state index contributed by atoms with van der Waals surface area (Å²) in [6, 6.07) is 4.36. The number of nitro groups is 1. The van der Waals surface area contributed by atoms with E-state index in [0.29, 0.717) is 0 Å². The number of hydrogen-bond donors (Lipinski definition) is 1. The molecule has 0 aliphatic carbocycles. The van der Waals surface area contributed by atoms with E-state index in [1.54, 1.807) is 0 Å². The van der Waals surface area contributed by atoms with Crippen LogP contribution in [0.5, 0.6) is 0 Å². The molecule has 1 aromatic rings. The first-order valence-electron chi connectivity index (χ1n) is 4.92. The number of benzene rings is 1. The molecule has 0 radical (unpaired) electrons. The molecule has 1 unspecified atom stereocenters. The van der Waals surface area contributed by atoms with Crippen molar-refractivity contribution in [1.82, 2.24) is 0 Å². The van der Waals surface area contributed by atoms with Crippen LogP contribution in [0.15, 0.2) is 18.2 Å². The summed E-state index contributed by atoms with van der Waals surface area (Å²) in [5, 5.41) is 20.2. The van der Waals surface area contributed by atoms with Crippen LogP contribution in [-0.2, 0) is 4.79 Å². The average Bonchev–Trinajstić information content (AvgIpc) is 2.56. The Morgan fingerprint density at radius 1 is 1.53 bits per heavy atom. The van der Waals surface area contributed by atoms with E-state index in [1.165, 1.54) is 23.1 Å². The number of halogens is 1.